The minimum atomic E-state index is 0.0643. The van der Waals surface area contributed by atoms with Crippen molar-refractivity contribution < 1.29 is 0 Å². The van der Waals surface area contributed by atoms with Crippen molar-refractivity contribution in [3.63, 3.8) is 0 Å². The van der Waals surface area contributed by atoms with Crippen molar-refractivity contribution in [3.8, 4) is 0 Å². The molecule has 2 heteroatoms. The summed E-state index contributed by atoms with van der Waals surface area (Å²) in [5.41, 5.74) is 10.1. The molecule has 0 aliphatic heterocycles. The minimum absolute atomic E-state index is 0.0643. The van der Waals surface area contributed by atoms with E-state index in [0.717, 1.165) is 19.5 Å². The zero-order valence-electron chi connectivity index (χ0n) is 12.6. The van der Waals surface area contributed by atoms with E-state index in [2.05, 4.69) is 57.7 Å². The van der Waals surface area contributed by atoms with Crippen LogP contribution < -0.4 is 5.73 Å². The lowest BCUT2D eigenvalue weighted by atomic mass is 10.00. The second kappa shape index (κ2) is 6.35. The van der Waals surface area contributed by atoms with Crippen molar-refractivity contribution in [2.75, 3.05) is 13.1 Å². The Bertz CT molecular complexity index is 383. The molecule has 0 amide bonds. The van der Waals surface area contributed by atoms with Gasteiger partial charge in [0.2, 0.25) is 0 Å². The number of nitrogens with two attached hydrogens (primary N) is 1. The van der Waals surface area contributed by atoms with Crippen molar-refractivity contribution >= 4 is 0 Å². The molecule has 0 unspecified atom stereocenters. The highest BCUT2D eigenvalue weighted by molar-refractivity contribution is 5.29. The first-order valence-electron chi connectivity index (χ1n) is 6.92. The number of nitrogens with zero attached hydrogens (tertiary/aromatic N) is 1. The van der Waals surface area contributed by atoms with Crippen molar-refractivity contribution in [2.45, 2.75) is 53.1 Å². The van der Waals surface area contributed by atoms with Crippen LogP contribution >= 0.6 is 0 Å². The summed E-state index contributed by atoms with van der Waals surface area (Å²) in [6.07, 6.45) is 1.16. The van der Waals surface area contributed by atoms with E-state index in [1.165, 1.54) is 16.7 Å². The van der Waals surface area contributed by atoms with Crippen molar-refractivity contribution in [1.29, 1.82) is 0 Å². The second-order valence-electron chi connectivity index (χ2n) is 5.86. The zero-order chi connectivity index (χ0) is 13.8. The molecule has 18 heavy (non-hydrogen) atoms. The smallest absolute Gasteiger partial charge is 0.0278 e. The fraction of sp³-hybridized carbons (Fsp3) is 0.625. The average molecular weight is 248 g/mol. The van der Waals surface area contributed by atoms with E-state index in [1.807, 2.05) is 0 Å². The van der Waals surface area contributed by atoms with E-state index in [9.17, 15) is 0 Å². The van der Waals surface area contributed by atoms with Gasteiger partial charge in [-0.3, -0.25) is 4.90 Å². The molecule has 0 fully saturated rings. The van der Waals surface area contributed by atoms with Gasteiger partial charge in [0.15, 0.2) is 0 Å². The molecular weight excluding hydrogens is 220 g/mol. The molecule has 0 aliphatic carbocycles. The molecular formula is C16H28N2. The Morgan fingerprint density at radius 1 is 1.17 bits per heavy atom. The van der Waals surface area contributed by atoms with Gasteiger partial charge in [-0.05, 0) is 57.4 Å². The highest BCUT2D eigenvalue weighted by Gasteiger charge is 2.24. The number of benzene rings is 1. The highest BCUT2D eigenvalue weighted by Crippen LogP contribution is 2.19. The fourth-order valence-corrected chi connectivity index (χ4v) is 2.12. The highest BCUT2D eigenvalue weighted by atomic mass is 15.2. The van der Waals surface area contributed by atoms with Crippen LogP contribution in [0.4, 0.5) is 0 Å². The predicted octanol–water partition coefficient (Wildman–Crippen LogP) is 3.25. The van der Waals surface area contributed by atoms with E-state index in [-0.39, 0.29) is 5.54 Å². The Hall–Kier alpha value is -0.860. The zero-order valence-corrected chi connectivity index (χ0v) is 12.6. The van der Waals surface area contributed by atoms with Crippen LogP contribution in [0.2, 0.25) is 0 Å². The van der Waals surface area contributed by atoms with Crippen molar-refractivity contribution in [3.05, 3.63) is 34.9 Å². The first-order chi connectivity index (χ1) is 8.40. The Labute approximate surface area is 112 Å². The summed E-state index contributed by atoms with van der Waals surface area (Å²) in [7, 11) is 0. The molecule has 0 bridgehead atoms. The van der Waals surface area contributed by atoms with E-state index in [1.54, 1.807) is 0 Å². The number of hydrogen-bond acceptors (Lipinski definition) is 2. The molecule has 0 saturated carbocycles. The van der Waals surface area contributed by atoms with Gasteiger partial charge in [-0.25, -0.2) is 0 Å². The van der Waals surface area contributed by atoms with Gasteiger partial charge in [-0.1, -0.05) is 25.1 Å². The summed E-state index contributed by atoms with van der Waals surface area (Å²) in [5.74, 6) is 0. The molecule has 2 N–H and O–H groups in total. The molecule has 0 spiro atoms. The van der Waals surface area contributed by atoms with E-state index in [4.69, 9.17) is 5.73 Å². The number of rotatable bonds is 6. The van der Waals surface area contributed by atoms with Crippen LogP contribution in [0.3, 0.4) is 0 Å². The molecule has 2 nitrogen and oxygen atoms in total. The lowest BCUT2D eigenvalue weighted by Gasteiger charge is -2.37. The molecule has 0 aliphatic rings. The maximum Gasteiger partial charge on any atom is 0.0278 e. The summed E-state index contributed by atoms with van der Waals surface area (Å²) < 4.78 is 0. The van der Waals surface area contributed by atoms with E-state index < -0.39 is 0 Å². The predicted molar refractivity (Wildman–Crippen MR) is 79.8 cm³/mol. The van der Waals surface area contributed by atoms with Crippen LogP contribution in [0, 0.1) is 13.8 Å². The van der Waals surface area contributed by atoms with Crippen LogP contribution in [-0.2, 0) is 6.54 Å². The first-order valence-corrected chi connectivity index (χ1v) is 6.92. The lowest BCUT2D eigenvalue weighted by molar-refractivity contribution is 0.118. The minimum Gasteiger partial charge on any atom is -0.329 e. The monoisotopic (exact) mass is 248 g/mol. The number of hydrogen-bond donors (Lipinski definition) is 1. The van der Waals surface area contributed by atoms with E-state index in [0.29, 0.717) is 6.54 Å². The van der Waals surface area contributed by atoms with Gasteiger partial charge in [0.05, 0.1) is 0 Å². The maximum absolute atomic E-state index is 5.90. The molecule has 0 radical (unpaired) electrons. The molecule has 1 aromatic rings. The van der Waals surface area contributed by atoms with Crippen LogP contribution in [-0.4, -0.2) is 23.5 Å². The van der Waals surface area contributed by atoms with Gasteiger partial charge < -0.3 is 5.73 Å². The second-order valence-corrected chi connectivity index (χ2v) is 5.86. The van der Waals surface area contributed by atoms with Gasteiger partial charge >= 0.3 is 0 Å². The molecule has 1 aromatic carbocycles. The molecule has 0 saturated heterocycles. The Morgan fingerprint density at radius 3 is 2.33 bits per heavy atom. The Morgan fingerprint density at radius 2 is 1.83 bits per heavy atom. The number of aryl methyl sites for hydroxylation is 2. The third-order valence-electron chi connectivity index (χ3n) is 3.79. The fourth-order valence-electron chi connectivity index (χ4n) is 2.12. The Kier molecular flexibility index (Phi) is 5.36. The normalized spacial score (nSPS) is 12.2. The summed E-state index contributed by atoms with van der Waals surface area (Å²) in [4.78, 5) is 2.48. The quantitative estimate of drug-likeness (QED) is 0.837. The van der Waals surface area contributed by atoms with Gasteiger partial charge in [-0.2, -0.15) is 0 Å². The van der Waals surface area contributed by atoms with Gasteiger partial charge in [-0.15, -0.1) is 0 Å². The summed E-state index contributed by atoms with van der Waals surface area (Å²) in [5, 5.41) is 0. The van der Waals surface area contributed by atoms with Crippen LogP contribution in [0.25, 0.3) is 0 Å². The summed E-state index contributed by atoms with van der Waals surface area (Å²) in [6.45, 7) is 13.8. The average Bonchev–Trinajstić information content (AvgIpc) is 2.33. The third kappa shape index (κ3) is 3.82. The Balaban J connectivity index is 2.86. The molecule has 0 aromatic heterocycles. The topological polar surface area (TPSA) is 29.3 Å². The molecule has 1 rings (SSSR count). The van der Waals surface area contributed by atoms with Gasteiger partial charge in [0.1, 0.15) is 0 Å². The standard InChI is InChI=1S/C16H28N2/c1-6-9-18(16(4,5)12-17)11-15-8-7-13(2)14(3)10-15/h7-8,10H,6,9,11-12,17H2,1-5H3. The van der Waals surface area contributed by atoms with Crippen LogP contribution in [0.5, 0.6) is 0 Å². The molecule has 0 heterocycles. The maximum atomic E-state index is 5.90. The van der Waals surface area contributed by atoms with Crippen molar-refractivity contribution in [2.24, 2.45) is 5.73 Å². The third-order valence-corrected chi connectivity index (χ3v) is 3.79. The van der Waals surface area contributed by atoms with Crippen LogP contribution in [0.15, 0.2) is 18.2 Å². The van der Waals surface area contributed by atoms with Gasteiger partial charge in [0.25, 0.3) is 0 Å². The SMILES string of the molecule is CCCN(Cc1ccc(C)c(C)c1)C(C)(C)CN. The molecule has 102 valence electrons. The summed E-state index contributed by atoms with van der Waals surface area (Å²) in [6, 6.07) is 6.74. The molecule has 0 atom stereocenters. The largest absolute Gasteiger partial charge is 0.329 e. The summed E-state index contributed by atoms with van der Waals surface area (Å²) >= 11 is 0. The van der Waals surface area contributed by atoms with Gasteiger partial charge in [0, 0.05) is 18.6 Å². The van der Waals surface area contributed by atoms with E-state index >= 15 is 0 Å². The lowest BCUT2D eigenvalue weighted by Crippen LogP contribution is -2.49. The van der Waals surface area contributed by atoms with Crippen molar-refractivity contribution in [1.82, 2.24) is 4.90 Å². The first kappa shape index (κ1) is 15.2. The van der Waals surface area contributed by atoms with Crippen LogP contribution in [0.1, 0.15) is 43.9 Å².